The van der Waals surface area contributed by atoms with E-state index in [1.165, 1.54) is 0 Å². The maximum atomic E-state index is 5.92. The maximum absolute atomic E-state index is 5.92. The Morgan fingerprint density at radius 1 is 1.35 bits per heavy atom. The number of halogens is 2. The summed E-state index contributed by atoms with van der Waals surface area (Å²) >= 11 is 11.7. The standard InChI is InChI=1S/C15H20Cl2O3/c1-14(2,15(3)19-9-13(8-16)20-15)10-18-12-6-4-11(17)5-7-12/h4-7,13H,8-10H2,1-3H3. The normalized spacial score (nSPS) is 26.8. The quantitative estimate of drug-likeness (QED) is 0.764. The average molecular weight is 319 g/mol. The van der Waals surface area contributed by atoms with Gasteiger partial charge < -0.3 is 14.2 Å². The molecule has 2 rings (SSSR count). The van der Waals surface area contributed by atoms with Gasteiger partial charge in [0.2, 0.25) is 0 Å². The lowest BCUT2D eigenvalue weighted by Crippen LogP contribution is -2.47. The molecule has 0 aromatic heterocycles. The number of ether oxygens (including phenoxy) is 3. The van der Waals surface area contributed by atoms with E-state index in [0.29, 0.717) is 24.1 Å². The highest BCUT2D eigenvalue weighted by atomic mass is 35.5. The second-order valence-corrected chi connectivity index (χ2v) is 6.52. The first-order valence-corrected chi connectivity index (χ1v) is 7.54. The molecule has 1 fully saturated rings. The van der Waals surface area contributed by atoms with Crippen LogP contribution in [0, 0.1) is 5.41 Å². The summed E-state index contributed by atoms with van der Waals surface area (Å²) < 4.78 is 17.5. The highest BCUT2D eigenvalue weighted by Crippen LogP contribution is 2.40. The fourth-order valence-electron chi connectivity index (χ4n) is 1.99. The van der Waals surface area contributed by atoms with Crippen LogP contribution in [0.5, 0.6) is 5.75 Å². The van der Waals surface area contributed by atoms with Crippen molar-refractivity contribution in [3.05, 3.63) is 29.3 Å². The van der Waals surface area contributed by atoms with E-state index in [9.17, 15) is 0 Å². The second kappa shape index (κ2) is 6.10. The van der Waals surface area contributed by atoms with Crippen molar-refractivity contribution in [2.75, 3.05) is 19.1 Å². The van der Waals surface area contributed by atoms with Gasteiger partial charge in [-0.15, -0.1) is 11.6 Å². The molecule has 0 radical (unpaired) electrons. The van der Waals surface area contributed by atoms with Gasteiger partial charge in [-0.2, -0.15) is 0 Å². The number of rotatable bonds is 5. The van der Waals surface area contributed by atoms with Gasteiger partial charge in [0, 0.05) is 5.02 Å². The van der Waals surface area contributed by atoms with Gasteiger partial charge in [0.25, 0.3) is 0 Å². The van der Waals surface area contributed by atoms with Crippen molar-refractivity contribution in [3.63, 3.8) is 0 Å². The molecule has 0 bridgehead atoms. The Kier molecular flexibility index (Phi) is 4.85. The lowest BCUT2D eigenvalue weighted by molar-refractivity contribution is -0.228. The van der Waals surface area contributed by atoms with Crippen LogP contribution in [0.1, 0.15) is 20.8 Å². The first kappa shape index (κ1) is 15.9. The molecule has 0 N–H and O–H groups in total. The van der Waals surface area contributed by atoms with Crippen molar-refractivity contribution >= 4 is 23.2 Å². The zero-order valence-electron chi connectivity index (χ0n) is 12.0. The minimum Gasteiger partial charge on any atom is -0.493 e. The predicted octanol–water partition coefficient (Wildman–Crippen LogP) is 4.12. The monoisotopic (exact) mass is 318 g/mol. The van der Waals surface area contributed by atoms with E-state index in [2.05, 4.69) is 13.8 Å². The largest absolute Gasteiger partial charge is 0.493 e. The van der Waals surface area contributed by atoms with E-state index >= 15 is 0 Å². The van der Waals surface area contributed by atoms with E-state index in [0.717, 1.165) is 5.75 Å². The van der Waals surface area contributed by atoms with Crippen LogP contribution in [0.15, 0.2) is 24.3 Å². The van der Waals surface area contributed by atoms with Crippen molar-refractivity contribution in [1.29, 1.82) is 0 Å². The molecule has 1 heterocycles. The summed E-state index contributed by atoms with van der Waals surface area (Å²) in [5, 5.41) is 0.691. The predicted molar refractivity (Wildman–Crippen MR) is 80.7 cm³/mol. The van der Waals surface area contributed by atoms with Gasteiger partial charge in [0.05, 0.1) is 30.6 Å². The molecule has 1 aromatic rings. The van der Waals surface area contributed by atoms with Gasteiger partial charge in [-0.3, -0.25) is 0 Å². The molecule has 1 aromatic carbocycles. The molecule has 0 spiro atoms. The van der Waals surface area contributed by atoms with Crippen LogP contribution in [0.4, 0.5) is 0 Å². The first-order valence-electron chi connectivity index (χ1n) is 6.62. The zero-order valence-corrected chi connectivity index (χ0v) is 13.5. The summed E-state index contributed by atoms with van der Waals surface area (Å²) in [7, 11) is 0. The first-order chi connectivity index (χ1) is 9.36. The molecule has 20 heavy (non-hydrogen) atoms. The third kappa shape index (κ3) is 3.40. The SMILES string of the molecule is CC(C)(COc1ccc(Cl)cc1)C1(C)OCC(CCl)O1. The fraction of sp³-hybridized carbons (Fsp3) is 0.600. The van der Waals surface area contributed by atoms with Crippen molar-refractivity contribution in [2.45, 2.75) is 32.7 Å². The lowest BCUT2D eigenvalue weighted by atomic mass is 9.85. The molecule has 1 saturated heterocycles. The van der Waals surface area contributed by atoms with E-state index in [1.54, 1.807) is 12.1 Å². The highest BCUT2D eigenvalue weighted by molar-refractivity contribution is 6.30. The second-order valence-electron chi connectivity index (χ2n) is 5.78. The van der Waals surface area contributed by atoms with Crippen LogP contribution in [-0.2, 0) is 9.47 Å². The number of benzene rings is 1. The summed E-state index contributed by atoms with van der Waals surface area (Å²) in [6.45, 7) is 7.04. The van der Waals surface area contributed by atoms with Gasteiger partial charge in [-0.05, 0) is 31.2 Å². The van der Waals surface area contributed by atoms with Crippen molar-refractivity contribution in [3.8, 4) is 5.75 Å². The van der Waals surface area contributed by atoms with Crippen LogP contribution in [0.2, 0.25) is 5.02 Å². The summed E-state index contributed by atoms with van der Waals surface area (Å²) in [5.74, 6) is 0.515. The highest BCUT2D eigenvalue weighted by Gasteiger charge is 2.49. The summed E-state index contributed by atoms with van der Waals surface area (Å²) in [5.41, 5.74) is -0.312. The number of hydrogen-bond acceptors (Lipinski definition) is 3. The van der Waals surface area contributed by atoms with Crippen molar-refractivity contribution < 1.29 is 14.2 Å². The molecule has 0 amide bonds. The minimum atomic E-state index is -0.695. The number of hydrogen-bond donors (Lipinski definition) is 0. The molecule has 0 aliphatic carbocycles. The van der Waals surface area contributed by atoms with Gasteiger partial charge in [-0.1, -0.05) is 25.4 Å². The maximum Gasteiger partial charge on any atom is 0.174 e. The van der Waals surface area contributed by atoms with Crippen LogP contribution >= 0.6 is 23.2 Å². The lowest BCUT2D eigenvalue weighted by Gasteiger charge is -2.39. The molecule has 5 heteroatoms. The third-order valence-electron chi connectivity index (χ3n) is 3.75. The fourth-order valence-corrected chi connectivity index (χ4v) is 2.27. The molecule has 3 nitrogen and oxygen atoms in total. The van der Waals surface area contributed by atoms with Crippen molar-refractivity contribution in [2.24, 2.45) is 5.41 Å². The van der Waals surface area contributed by atoms with Crippen molar-refractivity contribution in [1.82, 2.24) is 0 Å². The Labute approximate surface area is 130 Å². The van der Waals surface area contributed by atoms with Gasteiger partial charge in [0.1, 0.15) is 5.75 Å². The molecule has 1 aliphatic heterocycles. The molecule has 2 unspecified atom stereocenters. The Bertz CT molecular complexity index is 447. The Morgan fingerprint density at radius 2 is 2.00 bits per heavy atom. The van der Waals surface area contributed by atoms with E-state index < -0.39 is 5.79 Å². The molecular formula is C15H20Cl2O3. The summed E-state index contributed by atoms with van der Waals surface area (Å²) in [6.07, 6.45) is -0.0588. The molecule has 112 valence electrons. The van der Waals surface area contributed by atoms with Crippen LogP contribution in [0.3, 0.4) is 0 Å². The van der Waals surface area contributed by atoms with Gasteiger partial charge in [-0.25, -0.2) is 0 Å². The van der Waals surface area contributed by atoms with E-state index in [-0.39, 0.29) is 11.5 Å². The molecule has 0 saturated carbocycles. The Morgan fingerprint density at radius 3 is 2.55 bits per heavy atom. The van der Waals surface area contributed by atoms with Gasteiger partial charge in [0.15, 0.2) is 5.79 Å². The molecular weight excluding hydrogens is 299 g/mol. The minimum absolute atomic E-state index is 0.0588. The van der Waals surface area contributed by atoms with Crippen LogP contribution in [-0.4, -0.2) is 31.0 Å². The smallest absolute Gasteiger partial charge is 0.174 e. The zero-order chi connectivity index (χ0) is 14.8. The number of alkyl halides is 1. The molecule has 2 atom stereocenters. The summed E-state index contributed by atoms with van der Waals surface area (Å²) in [4.78, 5) is 0. The molecule has 1 aliphatic rings. The van der Waals surface area contributed by atoms with E-state index in [1.807, 2.05) is 19.1 Å². The Balaban J connectivity index is 1.98. The Hall–Kier alpha value is -0.480. The van der Waals surface area contributed by atoms with Crippen LogP contribution in [0.25, 0.3) is 0 Å². The van der Waals surface area contributed by atoms with Crippen LogP contribution < -0.4 is 4.74 Å². The van der Waals surface area contributed by atoms with E-state index in [4.69, 9.17) is 37.4 Å². The average Bonchev–Trinajstić information content (AvgIpc) is 2.82. The third-order valence-corrected chi connectivity index (χ3v) is 4.35. The summed E-state index contributed by atoms with van der Waals surface area (Å²) in [6, 6.07) is 7.30. The van der Waals surface area contributed by atoms with Gasteiger partial charge >= 0.3 is 0 Å². The topological polar surface area (TPSA) is 27.7 Å².